The third-order valence-corrected chi connectivity index (χ3v) is 5.23. The Hall–Kier alpha value is 0.610. The van der Waals surface area contributed by atoms with E-state index in [-0.39, 0.29) is 11.9 Å². The van der Waals surface area contributed by atoms with Crippen molar-refractivity contribution in [1.82, 2.24) is 5.32 Å². The van der Waals surface area contributed by atoms with Crippen LogP contribution >= 0.6 is 59.1 Å². The second kappa shape index (κ2) is 6.52. The highest BCUT2D eigenvalue weighted by atomic mass is 79.9. The fourth-order valence-electron chi connectivity index (χ4n) is 1.12. The molecule has 0 fully saturated rings. The highest BCUT2D eigenvalue weighted by Gasteiger charge is 2.19. The number of halogens is 3. The van der Waals surface area contributed by atoms with Gasteiger partial charge in [-0.25, -0.2) is 0 Å². The van der Waals surface area contributed by atoms with E-state index < -0.39 is 0 Å². The maximum atomic E-state index is 12.0. The first-order valence-corrected chi connectivity index (χ1v) is 8.29. The minimum absolute atomic E-state index is 0.0352. The van der Waals surface area contributed by atoms with Crippen molar-refractivity contribution in [2.45, 2.75) is 19.9 Å². The van der Waals surface area contributed by atoms with Crippen molar-refractivity contribution < 1.29 is 4.79 Å². The molecule has 1 rings (SSSR count). The number of alkyl halides is 1. The lowest BCUT2D eigenvalue weighted by atomic mass is 10.1. The molecule has 0 aliphatic heterocycles. The van der Waals surface area contributed by atoms with Crippen LogP contribution in [0.25, 0.3) is 0 Å². The molecule has 0 bridgehead atoms. The lowest BCUT2D eigenvalue weighted by molar-refractivity contribution is 0.0931. The molecule has 0 spiro atoms. The van der Waals surface area contributed by atoms with Crippen LogP contribution in [0, 0.1) is 5.92 Å². The van der Waals surface area contributed by atoms with Crippen molar-refractivity contribution in [3.63, 3.8) is 0 Å². The third-order valence-electron chi connectivity index (χ3n) is 2.19. The standard InChI is InChI=1S/C10H12Br3NOS/c1-5(2)7(4-11)14-10(15)6-3-8(12)16-9(6)13/h3,5,7H,4H2,1-2H3,(H,14,15). The number of carbonyl (C=O) groups excluding carboxylic acids is 1. The molecule has 1 aromatic rings. The number of nitrogens with one attached hydrogen (secondary N) is 1. The van der Waals surface area contributed by atoms with Crippen molar-refractivity contribution in [1.29, 1.82) is 0 Å². The van der Waals surface area contributed by atoms with Crippen LogP contribution in [-0.2, 0) is 0 Å². The number of amides is 1. The molecule has 6 heteroatoms. The van der Waals surface area contributed by atoms with E-state index in [9.17, 15) is 4.79 Å². The van der Waals surface area contributed by atoms with Gasteiger partial charge in [-0.3, -0.25) is 4.79 Å². The third kappa shape index (κ3) is 3.82. The summed E-state index contributed by atoms with van der Waals surface area (Å²) in [7, 11) is 0. The highest BCUT2D eigenvalue weighted by Crippen LogP contribution is 2.31. The van der Waals surface area contributed by atoms with Crippen LogP contribution in [0.1, 0.15) is 24.2 Å². The van der Waals surface area contributed by atoms with Gasteiger partial charge in [0.2, 0.25) is 0 Å². The van der Waals surface area contributed by atoms with E-state index in [0.717, 1.165) is 12.9 Å². The van der Waals surface area contributed by atoms with Crippen LogP contribution in [0.15, 0.2) is 13.6 Å². The van der Waals surface area contributed by atoms with Crippen LogP contribution in [-0.4, -0.2) is 17.3 Å². The van der Waals surface area contributed by atoms with Gasteiger partial charge in [0.25, 0.3) is 5.91 Å². The zero-order chi connectivity index (χ0) is 12.3. The summed E-state index contributed by atoms with van der Waals surface area (Å²) in [5.74, 6) is 0.371. The number of thiophene rings is 1. The van der Waals surface area contributed by atoms with Crippen molar-refractivity contribution in [3.05, 3.63) is 19.2 Å². The van der Waals surface area contributed by atoms with Crippen molar-refractivity contribution >= 4 is 65.0 Å². The fraction of sp³-hybridized carbons (Fsp3) is 0.500. The van der Waals surface area contributed by atoms with Gasteiger partial charge in [0.1, 0.15) is 0 Å². The Morgan fingerprint density at radius 1 is 1.50 bits per heavy atom. The molecule has 0 saturated heterocycles. The molecular weight excluding hydrogens is 422 g/mol. The largest absolute Gasteiger partial charge is 0.348 e. The Labute approximate surface area is 125 Å². The molecule has 1 atom stereocenters. The van der Waals surface area contributed by atoms with Crippen molar-refractivity contribution in [2.24, 2.45) is 5.92 Å². The Balaban J connectivity index is 2.75. The fourth-order valence-corrected chi connectivity index (χ4v) is 4.83. The van der Waals surface area contributed by atoms with Crippen LogP contribution in [0.4, 0.5) is 0 Å². The van der Waals surface area contributed by atoms with Crippen LogP contribution < -0.4 is 5.32 Å². The van der Waals surface area contributed by atoms with Crippen molar-refractivity contribution in [3.8, 4) is 0 Å². The summed E-state index contributed by atoms with van der Waals surface area (Å²) in [5.41, 5.74) is 0.684. The van der Waals surface area contributed by atoms with E-state index >= 15 is 0 Å². The number of hydrogen-bond acceptors (Lipinski definition) is 2. The lowest BCUT2D eigenvalue weighted by Crippen LogP contribution is -2.39. The van der Waals surface area contributed by atoms with Gasteiger partial charge in [0, 0.05) is 11.4 Å². The predicted molar refractivity (Wildman–Crippen MR) is 79.6 cm³/mol. The number of carbonyl (C=O) groups is 1. The Bertz CT molecular complexity index is 378. The Morgan fingerprint density at radius 2 is 2.12 bits per heavy atom. The highest BCUT2D eigenvalue weighted by molar-refractivity contribution is 9.12. The average Bonchev–Trinajstić information content (AvgIpc) is 2.53. The zero-order valence-corrected chi connectivity index (χ0v) is 14.5. The summed E-state index contributed by atoms with van der Waals surface area (Å²) in [6.07, 6.45) is 0. The van der Waals surface area contributed by atoms with E-state index in [1.165, 1.54) is 11.3 Å². The Morgan fingerprint density at radius 3 is 2.50 bits per heavy atom. The lowest BCUT2D eigenvalue weighted by Gasteiger charge is -2.19. The van der Waals surface area contributed by atoms with Crippen molar-refractivity contribution in [2.75, 3.05) is 5.33 Å². The van der Waals surface area contributed by atoms with E-state index in [1.54, 1.807) is 0 Å². The molecule has 0 radical (unpaired) electrons. The summed E-state index contributed by atoms with van der Waals surface area (Å²) in [6.45, 7) is 4.18. The molecule has 2 nitrogen and oxygen atoms in total. The molecule has 0 aromatic carbocycles. The molecule has 90 valence electrons. The molecule has 0 aliphatic rings. The van der Waals surface area contributed by atoms with Crippen LogP contribution in [0.5, 0.6) is 0 Å². The van der Waals surface area contributed by atoms with E-state index in [2.05, 4.69) is 67.0 Å². The van der Waals surface area contributed by atoms with Crippen LogP contribution in [0.3, 0.4) is 0 Å². The normalized spacial score (nSPS) is 12.9. The minimum atomic E-state index is -0.0352. The predicted octanol–water partition coefficient (Wildman–Crippen LogP) is 4.42. The maximum absolute atomic E-state index is 12.0. The summed E-state index contributed by atoms with van der Waals surface area (Å²) >= 11 is 11.7. The molecule has 1 amide bonds. The molecule has 1 aromatic heterocycles. The molecule has 1 heterocycles. The second-order valence-corrected chi connectivity index (χ2v) is 8.11. The van der Waals surface area contributed by atoms with Gasteiger partial charge in [0.15, 0.2) is 0 Å². The summed E-state index contributed by atoms with van der Waals surface area (Å²) < 4.78 is 1.80. The van der Waals surface area contributed by atoms with Gasteiger partial charge < -0.3 is 5.32 Å². The van der Waals surface area contributed by atoms with Gasteiger partial charge >= 0.3 is 0 Å². The first-order chi connectivity index (χ1) is 7.45. The number of rotatable bonds is 4. The summed E-state index contributed by atoms with van der Waals surface area (Å²) in [5, 5.41) is 3.77. The van der Waals surface area contributed by atoms with Gasteiger partial charge in [-0.2, -0.15) is 0 Å². The Kier molecular flexibility index (Phi) is 5.98. The molecule has 1 N–H and O–H groups in total. The quantitative estimate of drug-likeness (QED) is 0.699. The number of hydrogen-bond donors (Lipinski definition) is 1. The minimum Gasteiger partial charge on any atom is -0.348 e. The first-order valence-electron chi connectivity index (χ1n) is 4.77. The summed E-state index contributed by atoms with van der Waals surface area (Å²) in [4.78, 5) is 12.0. The monoisotopic (exact) mass is 431 g/mol. The van der Waals surface area contributed by atoms with E-state index in [4.69, 9.17) is 0 Å². The molecular formula is C10H12Br3NOS. The second-order valence-electron chi connectivity index (χ2n) is 3.72. The molecule has 16 heavy (non-hydrogen) atoms. The van der Waals surface area contributed by atoms with Gasteiger partial charge in [-0.1, -0.05) is 29.8 Å². The SMILES string of the molecule is CC(C)C(CBr)NC(=O)c1cc(Br)sc1Br. The van der Waals surface area contributed by atoms with E-state index in [0.29, 0.717) is 11.5 Å². The maximum Gasteiger partial charge on any atom is 0.253 e. The average molecular weight is 434 g/mol. The summed E-state index contributed by atoms with van der Waals surface area (Å²) in [6, 6.07) is 1.98. The topological polar surface area (TPSA) is 29.1 Å². The van der Waals surface area contributed by atoms with E-state index in [1.807, 2.05) is 6.07 Å². The van der Waals surface area contributed by atoms with Gasteiger partial charge in [-0.05, 0) is 43.8 Å². The van der Waals surface area contributed by atoms with Gasteiger partial charge in [-0.15, -0.1) is 11.3 Å². The first kappa shape index (κ1) is 14.7. The van der Waals surface area contributed by atoms with Gasteiger partial charge in [0.05, 0.1) is 13.1 Å². The molecule has 1 unspecified atom stereocenters. The molecule has 0 aliphatic carbocycles. The molecule has 0 saturated carbocycles. The zero-order valence-electron chi connectivity index (χ0n) is 8.89. The van der Waals surface area contributed by atoms with Crippen LogP contribution in [0.2, 0.25) is 0 Å². The smallest absolute Gasteiger partial charge is 0.253 e.